The van der Waals surface area contributed by atoms with Crippen LogP contribution in [0.15, 0.2) is 97.1 Å². The Hall–Kier alpha value is -3.70. The molecular weight excluding hydrogens is 390 g/mol. The van der Waals surface area contributed by atoms with Crippen molar-refractivity contribution < 1.29 is 4.79 Å². The van der Waals surface area contributed by atoms with Gasteiger partial charge in [-0.2, -0.15) is 5.10 Å². The second-order valence-electron chi connectivity index (χ2n) is 6.97. The first-order valence-electron chi connectivity index (χ1n) is 9.71. The predicted molar refractivity (Wildman–Crippen MR) is 123 cm³/mol. The third-order valence-corrected chi connectivity index (χ3v) is 6.09. The van der Waals surface area contributed by atoms with Gasteiger partial charge in [0.15, 0.2) is 0 Å². The lowest BCUT2D eigenvalue weighted by Crippen LogP contribution is -2.25. The lowest BCUT2D eigenvalue weighted by atomic mass is 10.2. The van der Waals surface area contributed by atoms with Crippen LogP contribution < -0.4 is 4.90 Å². The SMILES string of the molecule is Cc1nn(-c2ccccc2)c2sc(C(=O)N(c3ccccc3)c3ccccc3)cc12. The van der Waals surface area contributed by atoms with Gasteiger partial charge in [0, 0.05) is 16.8 Å². The topological polar surface area (TPSA) is 38.1 Å². The average Bonchev–Trinajstić information content (AvgIpc) is 3.37. The van der Waals surface area contributed by atoms with Crippen LogP contribution in [0, 0.1) is 6.92 Å². The molecule has 0 unspecified atom stereocenters. The largest absolute Gasteiger partial charge is 0.276 e. The van der Waals surface area contributed by atoms with Crippen molar-refractivity contribution in [3.05, 3.63) is 108 Å². The third-order valence-electron chi connectivity index (χ3n) is 4.99. The van der Waals surface area contributed by atoms with Gasteiger partial charge in [0.2, 0.25) is 0 Å². The highest BCUT2D eigenvalue weighted by Gasteiger charge is 2.24. The molecule has 5 aromatic rings. The van der Waals surface area contributed by atoms with E-state index in [9.17, 15) is 4.79 Å². The fourth-order valence-electron chi connectivity index (χ4n) is 3.54. The van der Waals surface area contributed by atoms with Crippen LogP contribution in [0.5, 0.6) is 0 Å². The number of rotatable bonds is 4. The van der Waals surface area contributed by atoms with Gasteiger partial charge in [0.25, 0.3) is 5.91 Å². The van der Waals surface area contributed by atoms with Crippen LogP contribution in [0.4, 0.5) is 11.4 Å². The molecule has 2 aromatic heterocycles. The lowest BCUT2D eigenvalue weighted by Gasteiger charge is -2.22. The molecule has 0 aliphatic rings. The van der Waals surface area contributed by atoms with Gasteiger partial charge in [0.1, 0.15) is 4.83 Å². The smallest absolute Gasteiger partial charge is 0.272 e. The van der Waals surface area contributed by atoms with E-state index in [4.69, 9.17) is 0 Å². The normalized spacial score (nSPS) is 11.0. The summed E-state index contributed by atoms with van der Waals surface area (Å²) in [5.74, 6) is -0.0485. The summed E-state index contributed by atoms with van der Waals surface area (Å²) in [6.45, 7) is 1.98. The fourth-order valence-corrected chi connectivity index (χ4v) is 4.66. The molecule has 0 N–H and O–H groups in total. The number of nitrogens with zero attached hydrogens (tertiary/aromatic N) is 3. The molecule has 30 heavy (non-hydrogen) atoms. The molecular formula is C25H19N3OS. The van der Waals surface area contributed by atoms with Crippen molar-refractivity contribution in [3.8, 4) is 5.69 Å². The summed E-state index contributed by atoms with van der Waals surface area (Å²) in [4.78, 5) is 17.1. The van der Waals surface area contributed by atoms with Gasteiger partial charge in [0.05, 0.1) is 16.3 Å². The number of fused-ring (bicyclic) bond motifs is 1. The Morgan fingerprint density at radius 3 is 1.93 bits per heavy atom. The molecule has 1 amide bonds. The zero-order valence-corrected chi connectivity index (χ0v) is 17.2. The van der Waals surface area contributed by atoms with Crippen molar-refractivity contribution >= 4 is 38.8 Å². The fraction of sp³-hybridized carbons (Fsp3) is 0.0400. The van der Waals surface area contributed by atoms with Crippen LogP contribution in [0.25, 0.3) is 15.9 Å². The number of benzene rings is 3. The summed E-state index contributed by atoms with van der Waals surface area (Å²) in [5.41, 5.74) is 3.58. The molecule has 0 spiro atoms. The Morgan fingerprint density at radius 2 is 1.37 bits per heavy atom. The van der Waals surface area contributed by atoms with Crippen molar-refractivity contribution in [1.29, 1.82) is 0 Å². The molecule has 0 saturated carbocycles. The highest BCUT2D eigenvalue weighted by atomic mass is 32.1. The molecule has 0 radical (unpaired) electrons. The minimum absolute atomic E-state index is 0.0485. The Labute approximate surface area is 178 Å². The summed E-state index contributed by atoms with van der Waals surface area (Å²) in [7, 11) is 0. The number of hydrogen-bond acceptors (Lipinski definition) is 3. The molecule has 2 heterocycles. The molecule has 0 saturated heterocycles. The van der Waals surface area contributed by atoms with Gasteiger partial charge in [-0.3, -0.25) is 9.69 Å². The zero-order valence-electron chi connectivity index (χ0n) is 16.4. The maximum Gasteiger partial charge on any atom is 0.272 e. The summed E-state index contributed by atoms with van der Waals surface area (Å²) >= 11 is 1.47. The van der Waals surface area contributed by atoms with E-state index in [2.05, 4.69) is 5.10 Å². The van der Waals surface area contributed by atoms with Crippen LogP contribution in [0.1, 0.15) is 15.4 Å². The van der Waals surface area contributed by atoms with E-state index in [1.165, 1.54) is 11.3 Å². The van der Waals surface area contributed by atoms with Crippen LogP contribution in [0.2, 0.25) is 0 Å². The first kappa shape index (κ1) is 18.3. The number of anilines is 2. The zero-order chi connectivity index (χ0) is 20.5. The van der Waals surface area contributed by atoms with E-state index in [1.54, 1.807) is 4.90 Å². The number of carbonyl (C=O) groups is 1. The van der Waals surface area contributed by atoms with Gasteiger partial charge < -0.3 is 0 Å². The number of carbonyl (C=O) groups excluding carboxylic acids is 1. The standard InChI is InChI=1S/C25H19N3OS/c1-18-22-17-23(30-25(22)28(26-18)21-15-9-4-10-16-21)24(29)27(19-11-5-2-6-12-19)20-13-7-3-8-14-20/h2-17H,1H3. The minimum atomic E-state index is -0.0485. The van der Waals surface area contributed by atoms with Gasteiger partial charge in [-0.05, 0) is 49.4 Å². The van der Waals surface area contributed by atoms with Crippen molar-refractivity contribution in [2.45, 2.75) is 6.92 Å². The number of hydrogen-bond donors (Lipinski definition) is 0. The number of aromatic nitrogens is 2. The van der Waals surface area contributed by atoms with E-state index in [1.807, 2.05) is 109 Å². The molecule has 0 fully saturated rings. The number of para-hydroxylation sites is 3. The summed E-state index contributed by atoms with van der Waals surface area (Å²) in [6, 6.07) is 31.5. The molecule has 5 heteroatoms. The van der Waals surface area contributed by atoms with Gasteiger partial charge >= 0.3 is 0 Å². The van der Waals surface area contributed by atoms with Crippen molar-refractivity contribution in [3.63, 3.8) is 0 Å². The number of aryl methyl sites for hydroxylation is 1. The van der Waals surface area contributed by atoms with Crippen LogP contribution in [0.3, 0.4) is 0 Å². The van der Waals surface area contributed by atoms with Crippen LogP contribution >= 0.6 is 11.3 Å². The Morgan fingerprint density at radius 1 is 0.833 bits per heavy atom. The number of amides is 1. The maximum atomic E-state index is 13.7. The van der Waals surface area contributed by atoms with E-state index >= 15 is 0 Å². The quantitative estimate of drug-likeness (QED) is 0.346. The average molecular weight is 410 g/mol. The highest BCUT2D eigenvalue weighted by molar-refractivity contribution is 7.20. The molecule has 146 valence electrons. The van der Waals surface area contributed by atoms with Gasteiger partial charge in [-0.25, -0.2) is 4.68 Å². The summed E-state index contributed by atoms with van der Waals surface area (Å²) < 4.78 is 1.92. The molecule has 0 atom stereocenters. The van der Waals surface area contributed by atoms with Crippen molar-refractivity contribution in [2.75, 3.05) is 4.90 Å². The van der Waals surface area contributed by atoms with E-state index in [0.29, 0.717) is 4.88 Å². The molecule has 0 aliphatic heterocycles. The van der Waals surface area contributed by atoms with Crippen LogP contribution in [-0.2, 0) is 0 Å². The molecule has 0 bridgehead atoms. The van der Waals surface area contributed by atoms with E-state index in [-0.39, 0.29) is 5.91 Å². The highest BCUT2D eigenvalue weighted by Crippen LogP contribution is 2.34. The maximum absolute atomic E-state index is 13.7. The van der Waals surface area contributed by atoms with Crippen molar-refractivity contribution in [1.82, 2.24) is 9.78 Å². The Kier molecular flexibility index (Phi) is 4.65. The first-order chi connectivity index (χ1) is 14.7. The van der Waals surface area contributed by atoms with E-state index < -0.39 is 0 Å². The third kappa shape index (κ3) is 3.19. The Bertz CT molecular complexity index is 1270. The van der Waals surface area contributed by atoms with Crippen molar-refractivity contribution in [2.24, 2.45) is 0 Å². The summed E-state index contributed by atoms with van der Waals surface area (Å²) in [6.07, 6.45) is 0. The van der Waals surface area contributed by atoms with Crippen LogP contribution in [-0.4, -0.2) is 15.7 Å². The second kappa shape index (κ2) is 7.61. The number of thiophene rings is 1. The molecule has 5 rings (SSSR count). The summed E-state index contributed by atoms with van der Waals surface area (Å²) in [5, 5.41) is 5.69. The molecule has 0 aliphatic carbocycles. The molecule has 3 aromatic carbocycles. The van der Waals surface area contributed by atoms with Gasteiger partial charge in [-0.1, -0.05) is 54.6 Å². The van der Waals surface area contributed by atoms with E-state index in [0.717, 1.165) is 33.0 Å². The Balaban J connectivity index is 1.62. The second-order valence-corrected chi connectivity index (χ2v) is 8.00. The van der Waals surface area contributed by atoms with Gasteiger partial charge in [-0.15, -0.1) is 11.3 Å². The first-order valence-corrected chi connectivity index (χ1v) is 10.5. The monoisotopic (exact) mass is 409 g/mol. The minimum Gasteiger partial charge on any atom is -0.276 e. The molecule has 4 nitrogen and oxygen atoms in total. The lowest BCUT2D eigenvalue weighted by molar-refractivity contribution is 0.100. The predicted octanol–water partition coefficient (Wildman–Crippen LogP) is 6.37.